The van der Waals surface area contributed by atoms with Gasteiger partial charge >= 0.3 is 0 Å². The minimum Gasteiger partial charge on any atom is -0.463 e. The highest BCUT2D eigenvalue weighted by Gasteiger charge is 2.24. The standard InChI is InChI=1S/C24H22N4O2/c1-3-9-19(10-4-1)27-15-17-29-23(27)25-21-13-7-8-14-22(21)26-24-28(16-18-30-24)20-11-5-2-6-12-20/h1-14H,15-18H2. The van der Waals surface area contributed by atoms with Gasteiger partial charge in [-0.15, -0.1) is 0 Å². The molecule has 5 rings (SSSR count). The predicted molar refractivity (Wildman–Crippen MR) is 120 cm³/mol. The first kappa shape index (κ1) is 18.2. The molecule has 3 aromatic carbocycles. The maximum absolute atomic E-state index is 5.83. The second kappa shape index (κ2) is 8.29. The number of hydrogen-bond acceptors (Lipinski definition) is 4. The number of hydrogen-bond donors (Lipinski definition) is 0. The van der Waals surface area contributed by atoms with E-state index in [-0.39, 0.29) is 0 Å². The average molecular weight is 398 g/mol. The highest BCUT2D eigenvalue weighted by Crippen LogP contribution is 2.31. The van der Waals surface area contributed by atoms with E-state index in [0.29, 0.717) is 25.3 Å². The summed E-state index contributed by atoms with van der Waals surface area (Å²) in [7, 11) is 0. The highest BCUT2D eigenvalue weighted by molar-refractivity contribution is 5.98. The zero-order valence-corrected chi connectivity index (χ0v) is 16.5. The normalized spacial score (nSPS) is 18.7. The van der Waals surface area contributed by atoms with E-state index in [2.05, 4.69) is 34.1 Å². The lowest BCUT2D eigenvalue weighted by Crippen LogP contribution is -2.25. The van der Waals surface area contributed by atoms with Gasteiger partial charge in [0.25, 0.3) is 12.0 Å². The molecule has 0 spiro atoms. The molecule has 0 radical (unpaired) electrons. The van der Waals surface area contributed by atoms with Crippen molar-refractivity contribution in [2.45, 2.75) is 0 Å². The van der Waals surface area contributed by atoms with Crippen LogP contribution in [0.15, 0.2) is 94.9 Å². The molecule has 2 aliphatic rings. The van der Waals surface area contributed by atoms with Gasteiger partial charge in [-0.2, -0.15) is 9.98 Å². The Morgan fingerprint density at radius 3 is 1.37 bits per heavy atom. The van der Waals surface area contributed by atoms with E-state index in [0.717, 1.165) is 35.8 Å². The molecule has 2 heterocycles. The van der Waals surface area contributed by atoms with E-state index < -0.39 is 0 Å². The molecular weight excluding hydrogens is 376 g/mol. The SMILES string of the molecule is c1ccc(N2CCOC2=Nc2ccccc2N=C2OCCN2c2ccccc2)cc1. The molecule has 0 atom stereocenters. The van der Waals surface area contributed by atoms with E-state index in [1.54, 1.807) is 0 Å². The number of ether oxygens (including phenoxy) is 2. The Balaban J connectivity index is 1.48. The molecule has 0 unspecified atom stereocenters. The summed E-state index contributed by atoms with van der Waals surface area (Å²) >= 11 is 0. The quantitative estimate of drug-likeness (QED) is 0.637. The van der Waals surface area contributed by atoms with Gasteiger partial charge in [0.05, 0.1) is 24.5 Å². The highest BCUT2D eigenvalue weighted by atomic mass is 16.5. The number of para-hydroxylation sites is 4. The fourth-order valence-electron chi connectivity index (χ4n) is 3.54. The molecule has 0 aromatic heterocycles. The smallest absolute Gasteiger partial charge is 0.297 e. The minimum atomic E-state index is 0.584. The zero-order chi connectivity index (χ0) is 20.2. The van der Waals surface area contributed by atoms with E-state index in [1.807, 2.05) is 60.7 Å². The summed E-state index contributed by atoms with van der Waals surface area (Å²) in [6.07, 6.45) is 0. The summed E-state index contributed by atoms with van der Waals surface area (Å²) < 4.78 is 11.7. The lowest BCUT2D eigenvalue weighted by atomic mass is 10.2. The number of aliphatic imine (C=N–C) groups is 2. The van der Waals surface area contributed by atoms with Crippen LogP contribution in [0, 0.1) is 0 Å². The Bertz CT molecular complexity index is 980. The summed E-state index contributed by atoms with van der Waals surface area (Å²) in [5.41, 5.74) is 3.61. The third-order valence-corrected chi connectivity index (χ3v) is 5.00. The van der Waals surface area contributed by atoms with Crippen molar-refractivity contribution in [2.75, 3.05) is 36.1 Å². The van der Waals surface area contributed by atoms with Crippen molar-refractivity contribution >= 4 is 34.8 Å². The average Bonchev–Trinajstić information content (AvgIpc) is 3.46. The van der Waals surface area contributed by atoms with E-state index >= 15 is 0 Å². The fraction of sp³-hybridized carbons (Fsp3) is 0.167. The van der Waals surface area contributed by atoms with Gasteiger partial charge in [-0.1, -0.05) is 48.5 Å². The van der Waals surface area contributed by atoms with Crippen molar-refractivity contribution in [3.05, 3.63) is 84.9 Å². The van der Waals surface area contributed by atoms with Crippen molar-refractivity contribution < 1.29 is 9.47 Å². The molecule has 3 aromatic rings. The summed E-state index contributed by atoms with van der Waals surface area (Å²) in [5.74, 6) is 0. The lowest BCUT2D eigenvalue weighted by Gasteiger charge is -2.17. The Morgan fingerprint density at radius 1 is 0.533 bits per heavy atom. The van der Waals surface area contributed by atoms with Crippen LogP contribution in [0.1, 0.15) is 0 Å². The molecule has 6 nitrogen and oxygen atoms in total. The number of anilines is 2. The van der Waals surface area contributed by atoms with Crippen LogP contribution in [-0.4, -0.2) is 38.3 Å². The van der Waals surface area contributed by atoms with Gasteiger partial charge < -0.3 is 9.47 Å². The maximum Gasteiger partial charge on any atom is 0.297 e. The van der Waals surface area contributed by atoms with Crippen molar-refractivity contribution in [2.24, 2.45) is 9.98 Å². The summed E-state index contributed by atoms with van der Waals surface area (Å²) in [6, 6.07) is 29.3. The second-order valence-corrected chi connectivity index (χ2v) is 6.95. The zero-order valence-electron chi connectivity index (χ0n) is 16.5. The van der Waals surface area contributed by atoms with E-state index in [1.165, 1.54) is 0 Å². The molecule has 0 amide bonds. The van der Waals surface area contributed by atoms with Crippen molar-refractivity contribution in [3.8, 4) is 0 Å². The Hall–Kier alpha value is -3.80. The first-order valence-corrected chi connectivity index (χ1v) is 10.1. The number of nitrogens with zero attached hydrogens (tertiary/aromatic N) is 4. The first-order chi connectivity index (χ1) is 14.9. The van der Waals surface area contributed by atoms with Crippen molar-refractivity contribution in [3.63, 3.8) is 0 Å². The molecule has 150 valence electrons. The molecule has 2 fully saturated rings. The number of benzene rings is 3. The predicted octanol–water partition coefficient (Wildman–Crippen LogP) is 4.74. The molecule has 6 heteroatoms. The Morgan fingerprint density at radius 2 is 0.933 bits per heavy atom. The summed E-state index contributed by atoms with van der Waals surface area (Å²) in [5, 5.41) is 0. The van der Waals surface area contributed by atoms with Crippen LogP contribution >= 0.6 is 0 Å². The minimum absolute atomic E-state index is 0.584. The molecule has 0 bridgehead atoms. The van der Waals surface area contributed by atoms with Gasteiger partial charge in [0.15, 0.2) is 0 Å². The van der Waals surface area contributed by atoms with Gasteiger partial charge in [0.1, 0.15) is 13.2 Å². The molecule has 30 heavy (non-hydrogen) atoms. The van der Waals surface area contributed by atoms with E-state index in [4.69, 9.17) is 19.5 Å². The number of amidine groups is 2. The van der Waals surface area contributed by atoms with Gasteiger partial charge in [0.2, 0.25) is 0 Å². The van der Waals surface area contributed by atoms with Gasteiger partial charge in [-0.3, -0.25) is 9.80 Å². The van der Waals surface area contributed by atoms with Crippen LogP contribution in [-0.2, 0) is 9.47 Å². The number of rotatable bonds is 4. The topological polar surface area (TPSA) is 49.7 Å². The fourth-order valence-corrected chi connectivity index (χ4v) is 3.54. The lowest BCUT2D eigenvalue weighted by molar-refractivity contribution is 0.352. The Labute approximate surface area is 175 Å². The van der Waals surface area contributed by atoms with Crippen molar-refractivity contribution in [1.29, 1.82) is 0 Å². The van der Waals surface area contributed by atoms with E-state index in [9.17, 15) is 0 Å². The molecular formula is C24H22N4O2. The van der Waals surface area contributed by atoms with Crippen molar-refractivity contribution in [1.82, 2.24) is 0 Å². The van der Waals surface area contributed by atoms with Crippen LogP contribution in [0.2, 0.25) is 0 Å². The third-order valence-electron chi connectivity index (χ3n) is 5.00. The summed E-state index contributed by atoms with van der Waals surface area (Å²) in [4.78, 5) is 13.7. The molecule has 2 saturated heterocycles. The third kappa shape index (κ3) is 3.72. The molecule has 0 saturated carbocycles. The summed E-state index contributed by atoms with van der Waals surface area (Å²) in [6.45, 7) is 2.75. The Kier molecular flexibility index (Phi) is 5.04. The molecule has 0 N–H and O–H groups in total. The van der Waals surface area contributed by atoms with Gasteiger partial charge in [-0.05, 0) is 36.4 Å². The van der Waals surface area contributed by atoms with Crippen LogP contribution < -0.4 is 9.80 Å². The maximum atomic E-state index is 5.83. The van der Waals surface area contributed by atoms with Crippen LogP contribution in [0.5, 0.6) is 0 Å². The first-order valence-electron chi connectivity index (χ1n) is 10.1. The van der Waals surface area contributed by atoms with Gasteiger partial charge in [0, 0.05) is 11.4 Å². The molecule has 0 aliphatic carbocycles. The van der Waals surface area contributed by atoms with Crippen LogP contribution in [0.4, 0.5) is 22.7 Å². The largest absolute Gasteiger partial charge is 0.463 e. The van der Waals surface area contributed by atoms with Gasteiger partial charge in [-0.25, -0.2) is 0 Å². The van der Waals surface area contributed by atoms with Crippen LogP contribution in [0.3, 0.4) is 0 Å². The monoisotopic (exact) mass is 398 g/mol. The second-order valence-electron chi connectivity index (χ2n) is 6.95. The molecule has 2 aliphatic heterocycles. The van der Waals surface area contributed by atoms with Crippen LogP contribution in [0.25, 0.3) is 0 Å².